The maximum atomic E-state index is 5.68. The number of halogens is 1. The van der Waals surface area contributed by atoms with Crippen molar-refractivity contribution in [2.45, 2.75) is 38.7 Å². The summed E-state index contributed by atoms with van der Waals surface area (Å²) in [6, 6.07) is 0. The lowest BCUT2D eigenvalue weighted by Crippen LogP contribution is -2.05. The molecule has 2 unspecified atom stereocenters. The number of methoxy groups -OCH3 is 1. The molecule has 0 fully saturated rings. The largest absolute Gasteiger partial charge is 0.381 e. The van der Waals surface area contributed by atoms with E-state index in [1.807, 2.05) is 0 Å². The maximum Gasteiger partial charge on any atom is 0.0572 e. The molecule has 0 aliphatic carbocycles. The van der Waals surface area contributed by atoms with Crippen molar-refractivity contribution >= 4 is 11.6 Å². The summed E-state index contributed by atoms with van der Waals surface area (Å²) < 4.78 is 5.05. The number of hydrogen-bond donors (Lipinski definition) is 0. The molecule has 0 saturated carbocycles. The first-order valence-corrected chi connectivity index (χ1v) is 5.16. The molecule has 0 aromatic rings. The summed E-state index contributed by atoms with van der Waals surface area (Å²) in [6.07, 6.45) is 4.88. The summed E-state index contributed by atoms with van der Waals surface area (Å²) in [7, 11) is 1.71. The van der Waals surface area contributed by atoms with Crippen LogP contribution in [0.15, 0.2) is 0 Å². The van der Waals surface area contributed by atoms with Crippen molar-refractivity contribution in [2.75, 3.05) is 13.0 Å². The Morgan fingerprint density at radius 2 is 1.92 bits per heavy atom. The highest BCUT2D eigenvalue weighted by Crippen LogP contribution is 2.12. The van der Waals surface area contributed by atoms with E-state index in [2.05, 4.69) is 13.8 Å². The monoisotopic (exact) mass is 191 g/mol. The summed E-state index contributed by atoms with van der Waals surface area (Å²) in [5.74, 6) is 1.43. The van der Waals surface area contributed by atoms with Gasteiger partial charge < -0.3 is 4.74 Å². The van der Waals surface area contributed by atoms with Crippen molar-refractivity contribution in [3.8, 4) is 0 Å². The molecule has 0 aliphatic heterocycles. The van der Waals surface area contributed by atoms with Crippen LogP contribution in [0.25, 0.3) is 0 Å². The Hall–Kier alpha value is 0.250. The Balaban J connectivity index is 3.10. The standard InChI is InChI=1S/C10H20ClO/c1-9(8-11)6-4-5-7-10(2)12-3/h9-10H,2,4-8H2,1,3H3. The number of ether oxygens (including phenoxy) is 1. The van der Waals surface area contributed by atoms with Crippen LogP contribution in [0.5, 0.6) is 0 Å². The maximum absolute atomic E-state index is 5.68. The van der Waals surface area contributed by atoms with Gasteiger partial charge in [-0.1, -0.05) is 19.8 Å². The molecule has 0 rings (SSSR count). The minimum Gasteiger partial charge on any atom is -0.381 e. The molecule has 2 atom stereocenters. The van der Waals surface area contributed by atoms with Gasteiger partial charge in [0.25, 0.3) is 0 Å². The summed E-state index contributed by atoms with van der Waals surface area (Å²) in [4.78, 5) is 0. The third kappa shape index (κ3) is 6.93. The summed E-state index contributed by atoms with van der Waals surface area (Å²) in [5, 5.41) is 0. The lowest BCUT2D eigenvalue weighted by atomic mass is 10.0. The van der Waals surface area contributed by atoms with Gasteiger partial charge in [0.2, 0.25) is 0 Å². The van der Waals surface area contributed by atoms with Gasteiger partial charge in [0.15, 0.2) is 0 Å². The highest BCUT2D eigenvalue weighted by Gasteiger charge is 2.01. The average molecular weight is 192 g/mol. The number of rotatable bonds is 7. The number of unbranched alkanes of at least 4 members (excludes halogenated alkanes) is 1. The van der Waals surface area contributed by atoms with Crippen LogP contribution in [-0.4, -0.2) is 19.1 Å². The minimum atomic E-state index is 0.163. The SMILES string of the molecule is [CH2]C(CCCCC(C)CCl)OC. The third-order valence-corrected chi connectivity index (χ3v) is 2.60. The second-order valence-corrected chi connectivity index (χ2v) is 3.71. The van der Waals surface area contributed by atoms with E-state index in [1.54, 1.807) is 7.11 Å². The van der Waals surface area contributed by atoms with Gasteiger partial charge in [-0.3, -0.25) is 0 Å². The fourth-order valence-electron chi connectivity index (χ4n) is 1.06. The van der Waals surface area contributed by atoms with E-state index in [0.717, 1.165) is 12.3 Å². The van der Waals surface area contributed by atoms with Crippen molar-refractivity contribution in [3.63, 3.8) is 0 Å². The topological polar surface area (TPSA) is 9.23 Å². The lowest BCUT2D eigenvalue weighted by Gasteiger charge is -2.10. The zero-order chi connectivity index (χ0) is 9.40. The van der Waals surface area contributed by atoms with E-state index in [9.17, 15) is 0 Å². The molecule has 1 nitrogen and oxygen atoms in total. The molecule has 0 heterocycles. The number of alkyl halides is 1. The van der Waals surface area contributed by atoms with Crippen LogP contribution in [0.2, 0.25) is 0 Å². The Morgan fingerprint density at radius 3 is 2.42 bits per heavy atom. The lowest BCUT2D eigenvalue weighted by molar-refractivity contribution is 0.128. The molecule has 0 spiro atoms. The Labute approximate surface area is 81.4 Å². The van der Waals surface area contributed by atoms with E-state index in [0.29, 0.717) is 5.92 Å². The minimum absolute atomic E-state index is 0.163. The van der Waals surface area contributed by atoms with Crippen LogP contribution in [0.1, 0.15) is 32.6 Å². The van der Waals surface area contributed by atoms with Crippen molar-refractivity contribution in [1.29, 1.82) is 0 Å². The predicted octanol–water partition coefficient (Wildman–Crippen LogP) is 3.27. The second kappa shape index (κ2) is 7.88. The van der Waals surface area contributed by atoms with Gasteiger partial charge in [0.1, 0.15) is 0 Å². The van der Waals surface area contributed by atoms with Crippen LogP contribution >= 0.6 is 11.6 Å². The zero-order valence-electron chi connectivity index (χ0n) is 8.18. The van der Waals surface area contributed by atoms with Crippen molar-refractivity contribution in [3.05, 3.63) is 6.92 Å². The molecule has 73 valence electrons. The smallest absolute Gasteiger partial charge is 0.0572 e. The first-order valence-electron chi connectivity index (χ1n) is 4.62. The Morgan fingerprint density at radius 1 is 1.33 bits per heavy atom. The van der Waals surface area contributed by atoms with Gasteiger partial charge in [0.05, 0.1) is 6.10 Å². The van der Waals surface area contributed by atoms with Crippen molar-refractivity contribution < 1.29 is 4.74 Å². The third-order valence-electron chi connectivity index (χ3n) is 2.07. The highest BCUT2D eigenvalue weighted by molar-refractivity contribution is 6.18. The van der Waals surface area contributed by atoms with Gasteiger partial charge in [0, 0.05) is 13.0 Å². The molecule has 1 radical (unpaired) electrons. The molecule has 0 amide bonds. The average Bonchev–Trinajstić information content (AvgIpc) is 2.11. The summed E-state index contributed by atoms with van der Waals surface area (Å²) in [5.41, 5.74) is 0. The quantitative estimate of drug-likeness (QED) is 0.444. The van der Waals surface area contributed by atoms with Crippen molar-refractivity contribution in [2.24, 2.45) is 5.92 Å². The van der Waals surface area contributed by atoms with Crippen LogP contribution in [0.4, 0.5) is 0 Å². The van der Waals surface area contributed by atoms with Gasteiger partial charge in [-0.2, -0.15) is 0 Å². The molecular formula is C10H20ClO. The van der Waals surface area contributed by atoms with Crippen LogP contribution in [0.3, 0.4) is 0 Å². The van der Waals surface area contributed by atoms with Gasteiger partial charge in [-0.25, -0.2) is 0 Å². The molecule has 12 heavy (non-hydrogen) atoms. The summed E-state index contributed by atoms with van der Waals surface area (Å²) >= 11 is 5.68. The predicted molar refractivity (Wildman–Crippen MR) is 54.5 cm³/mol. The molecule has 0 aromatic heterocycles. The van der Waals surface area contributed by atoms with Gasteiger partial charge >= 0.3 is 0 Å². The molecule has 0 bridgehead atoms. The highest BCUT2D eigenvalue weighted by atomic mass is 35.5. The van der Waals surface area contributed by atoms with E-state index >= 15 is 0 Å². The van der Waals surface area contributed by atoms with E-state index in [4.69, 9.17) is 16.3 Å². The fraction of sp³-hybridized carbons (Fsp3) is 0.900. The van der Waals surface area contributed by atoms with E-state index in [-0.39, 0.29) is 6.10 Å². The first-order chi connectivity index (χ1) is 5.70. The first kappa shape index (κ1) is 12.2. The second-order valence-electron chi connectivity index (χ2n) is 3.40. The molecule has 0 saturated heterocycles. The van der Waals surface area contributed by atoms with Crippen molar-refractivity contribution in [1.82, 2.24) is 0 Å². The van der Waals surface area contributed by atoms with Crippen LogP contribution in [-0.2, 0) is 4.74 Å². The van der Waals surface area contributed by atoms with Gasteiger partial charge in [-0.15, -0.1) is 11.6 Å². The van der Waals surface area contributed by atoms with E-state index in [1.165, 1.54) is 19.3 Å². The van der Waals surface area contributed by atoms with Crippen LogP contribution < -0.4 is 0 Å². The van der Waals surface area contributed by atoms with Crippen LogP contribution in [0, 0.1) is 12.8 Å². The molecule has 0 aliphatic rings. The number of hydrogen-bond acceptors (Lipinski definition) is 1. The molecule has 0 N–H and O–H groups in total. The normalized spacial score (nSPS) is 16.0. The zero-order valence-corrected chi connectivity index (χ0v) is 8.94. The fourth-order valence-corrected chi connectivity index (χ4v) is 1.21. The Bertz CT molecular complexity index is 83.8. The summed E-state index contributed by atoms with van der Waals surface area (Å²) in [6.45, 7) is 6.03. The molecule has 0 aromatic carbocycles. The molecular weight excluding hydrogens is 172 g/mol. The van der Waals surface area contributed by atoms with Gasteiger partial charge in [-0.05, 0) is 25.7 Å². The van der Waals surface area contributed by atoms with E-state index < -0.39 is 0 Å². The Kier molecular flexibility index (Phi) is 8.04. The molecule has 2 heteroatoms.